The summed E-state index contributed by atoms with van der Waals surface area (Å²) in [5.74, 6) is 0.703. The molecule has 6 heteroatoms. The van der Waals surface area contributed by atoms with Crippen LogP contribution < -0.4 is 0 Å². The van der Waals surface area contributed by atoms with Crippen molar-refractivity contribution in [3.63, 3.8) is 0 Å². The Balaban J connectivity index is 0.000000361. The lowest BCUT2D eigenvalue weighted by atomic mass is 10.2. The minimum atomic E-state index is -0.104. The monoisotopic (exact) mass is 374 g/mol. The van der Waals surface area contributed by atoms with Crippen molar-refractivity contribution in [1.29, 1.82) is 0 Å². The number of hydrogen-bond acceptors (Lipinski definition) is 6. The predicted molar refractivity (Wildman–Crippen MR) is 104 cm³/mol. The first-order chi connectivity index (χ1) is 13.1. The number of para-hydroxylation sites is 2. The molecule has 27 heavy (non-hydrogen) atoms. The van der Waals surface area contributed by atoms with Crippen molar-refractivity contribution < 1.29 is 30.6 Å². The second-order valence-corrected chi connectivity index (χ2v) is 4.95. The zero-order valence-electron chi connectivity index (χ0n) is 15.1. The number of hydrogen-bond donors (Lipinski definition) is 6. The molecule has 0 saturated carbocycles. The van der Waals surface area contributed by atoms with Gasteiger partial charge >= 0.3 is 0 Å². The third-order valence-electron chi connectivity index (χ3n) is 3.04. The first kappa shape index (κ1) is 23.9. The highest BCUT2D eigenvalue weighted by Gasteiger charge is 1.93. The second kappa shape index (κ2) is 15.2. The van der Waals surface area contributed by atoms with E-state index in [1.807, 2.05) is 6.07 Å². The fourth-order valence-electron chi connectivity index (χ4n) is 1.67. The maximum Gasteiger partial charge on any atom is 0.121 e. The zero-order chi connectivity index (χ0) is 20.5. The summed E-state index contributed by atoms with van der Waals surface area (Å²) in [6.07, 6.45) is 0. The molecule has 0 saturated heterocycles. The molecule has 3 rings (SSSR count). The first-order valence-electron chi connectivity index (χ1n) is 8.02. The van der Waals surface area contributed by atoms with Crippen LogP contribution in [0.4, 0.5) is 0 Å². The molecule has 6 N–H and O–H groups in total. The Labute approximate surface area is 158 Å². The Kier molecular flexibility index (Phi) is 13.5. The van der Waals surface area contributed by atoms with Crippen LogP contribution in [0.2, 0.25) is 0 Å². The largest absolute Gasteiger partial charge is 0.508 e. The van der Waals surface area contributed by atoms with Gasteiger partial charge in [-0.05, 0) is 35.9 Å². The quantitative estimate of drug-likeness (QED) is 0.410. The topological polar surface area (TPSA) is 121 Å². The van der Waals surface area contributed by atoms with E-state index < -0.39 is 0 Å². The highest BCUT2D eigenvalue weighted by molar-refractivity contribution is 5.30. The van der Waals surface area contributed by atoms with Crippen LogP contribution in [0.25, 0.3) is 0 Å². The lowest BCUT2D eigenvalue weighted by molar-refractivity contribution is 0.275. The van der Waals surface area contributed by atoms with Crippen LogP contribution in [0.3, 0.4) is 0 Å². The molecule has 0 heterocycles. The van der Waals surface area contributed by atoms with Crippen LogP contribution in [0.15, 0.2) is 78.9 Å². The molecule has 0 spiro atoms. The Morgan fingerprint density at radius 1 is 0.556 bits per heavy atom. The summed E-state index contributed by atoms with van der Waals surface area (Å²) < 4.78 is 0. The highest BCUT2D eigenvalue weighted by atomic mass is 16.3. The molecule has 0 aliphatic heterocycles. The van der Waals surface area contributed by atoms with Crippen LogP contribution in [0.5, 0.6) is 17.2 Å². The van der Waals surface area contributed by atoms with Gasteiger partial charge in [0, 0.05) is 12.7 Å². The molecule has 0 amide bonds. The summed E-state index contributed by atoms with van der Waals surface area (Å²) in [5, 5.41) is 50.5. The number of phenols is 3. The van der Waals surface area contributed by atoms with Gasteiger partial charge in [0.1, 0.15) is 17.2 Å². The van der Waals surface area contributed by atoms with Crippen molar-refractivity contribution in [2.75, 3.05) is 7.11 Å². The van der Waals surface area contributed by atoms with E-state index in [1.54, 1.807) is 72.8 Å². The van der Waals surface area contributed by atoms with E-state index in [1.165, 1.54) is 0 Å². The highest BCUT2D eigenvalue weighted by Crippen LogP contribution is 2.14. The van der Waals surface area contributed by atoms with E-state index in [9.17, 15) is 0 Å². The molecule has 0 aliphatic rings. The van der Waals surface area contributed by atoms with Gasteiger partial charge in [-0.15, -0.1) is 0 Å². The number of aliphatic hydroxyl groups is 3. The molecular formula is C21H26O6. The van der Waals surface area contributed by atoms with E-state index in [0.29, 0.717) is 11.3 Å². The van der Waals surface area contributed by atoms with Gasteiger partial charge in [0.15, 0.2) is 0 Å². The number of phenolic OH excluding ortho intramolecular Hbond substituents is 2. The Hall–Kier alpha value is -3.06. The van der Waals surface area contributed by atoms with E-state index in [-0.39, 0.29) is 24.7 Å². The molecule has 0 radical (unpaired) electrons. The maximum absolute atomic E-state index is 8.95. The van der Waals surface area contributed by atoms with E-state index in [2.05, 4.69) is 0 Å². The summed E-state index contributed by atoms with van der Waals surface area (Å²) in [5.41, 5.74) is 1.38. The predicted octanol–water partition coefficient (Wildman–Crippen LogP) is 2.77. The maximum atomic E-state index is 8.95. The van der Waals surface area contributed by atoms with Gasteiger partial charge in [-0.2, -0.15) is 0 Å². The molecular weight excluding hydrogens is 348 g/mol. The van der Waals surface area contributed by atoms with Gasteiger partial charge in [-0.25, -0.2) is 0 Å². The summed E-state index contributed by atoms with van der Waals surface area (Å²) in [6, 6.07) is 21.9. The SMILES string of the molecule is CO.OCc1ccc(O)cc1.OCc1ccccc1O.Oc1ccccc1. The van der Waals surface area contributed by atoms with Gasteiger partial charge in [0.2, 0.25) is 0 Å². The van der Waals surface area contributed by atoms with Crippen molar-refractivity contribution in [2.24, 2.45) is 0 Å². The molecule has 0 bridgehead atoms. The van der Waals surface area contributed by atoms with Gasteiger partial charge < -0.3 is 30.6 Å². The molecule has 3 aromatic rings. The van der Waals surface area contributed by atoms with E-state index in [4.69, 9.17) is 30.6 Å². The average Bonchev–Trinajstić information content (AvgIpc) is 2.72. The molecule has 146 valence electrons. The van der Waals surface area contributed by atoms with Crippen LogP contribution in [-0.2, 0) is 13.2 Å². The minimum Gasteiger partial charge on any atom is -0.508 e. The fourth-order valence-corrected chi connectivity index (χ4v) is 1.67. The summed E-state index contributed by atoms with van der Waals surface area (Å²) in [6.45, 7) is -0.0764. The number of aromatic hydroxyl groups is 3. The van der Waals surface area contributed by atoms with Crippen LogP contribution in [0, 0.1) is 0 Å². The fraction of sp³-hybridized carbons (Fsp3) is 0.143. The molecule has 0 fully saturated rings. The molecule has 3 aromatic carbocycles. The average molecular weight is 374 g/mol. The van der Waals surface area contributed by atoms with Crippen molar-refractivity contribution >= 4 is 0 Å². The van der Waals surface area contributed by atoms with E-state index >= 15 is 0 Å². The number of rotatable bonds is 2. The van der Waals surface area contributed by atoms with Crippen LogP contribution in [0.1, 0.15) is 11.1 Å². The standard InChI is InChI=1S/2C7H8O2.C6H6O.CH4O/c8-5-6-1-3-7(9)4-2-6;8-5-6-3-1-2-4-7(6)9;7-6-4-2-1-3-5-6;1-2/h2*1-4,8-9H,5H2;1-5,7H;2H,1H3. The smallest absolute Gasteiger partial charge is 0.121 e. The normalized spacial score (nSPS) is 8.74. The Morgan fingerprint density at radius 3 is 1.41 bits per heavy atom. The van der Waals surface area contributed by atoms with Gasteiger partial charge in [-0.3, -0.25) is 0 Å². The number of aliphatic hydroxyl groups excluding tert-OH is 3. The van der Waals surface area contributed by atoms with Crippen molar-refractivity contribution in [3.8, 4) is 17.2 Å². The minimum absolute atomic E-state index is 0.0281. The van der Waals surface area contributed by atoms with Crippen molar-refractivity contribution in [2.45, 2.75) is 13.2 Å². The summed E-state index contributed by atoms with van der Waals surface area (Å²) in [7, 11) is 1.00. The molecule has 6 nitrogen and oxygen atoms in total. The van der Waals surface area contributed by atoms with Crippen LogP contribution >= 0.6 is 0 Å². The Morgan fingerprint density at radius 2 is 1.04 bits per heavy atom. The third-order valence-corrected chi connectivity index (χ3v) is 3.04. The summed E-state index contributed by atoms with van der Waals surface area (Å²) >= 11 is 0. The Bertz CT molecular complexity index is 714. The molecule has 0 atom stereocenters. The third kappa shape index (κ3) is 11.2. The molecule has 0 aliphatic carbocycles. The van der Waals surface area contributed by atoms with Crippen molar-refractivity contribution in [1.82, 2.24) is 0 Å². The van der Waals surface area contributed by atoms with Crippen LogP contribution in [-0.4, -0.2) is 37.7 Å². The summed E-state index contributed by atoms with van der Waals surface area (Å²) in [4.78, 5) is 0. The van der Waals surface area contributed by atoms with E-state index in [0.717, 1.165) is 12.7 Å². The van der Waals surface area contributed by atoms with Gasteiger partial charge in [0.25, 0.3) is 0 Å². The second-order valence-electron chi connectivity index (χ2n) is 4.95. The molecule has 0 unspecified atom stereocenters. The number of benzene rings is 3. The lowest BCUT2D eigenvalue weighted by Crippen LogP contribution is -1.80. The van der Waals surface area contributed by atoms with Gasteiger partial charge in [-0.1, -0.05) is 48.5 Å². The van der Waals surface area contributed by atoms with Gasteiger partial charge in [0.05, 0.1) is 13.2 Å². The lowest BCUT2D eigenvalue weighted by Gasteiger charge is -1.96. The first-order valence-corrected chi connectivity index (χ1v) is 8.02. The van der Waals surface area contributed by atoms with Crippen molar-refractivity contribution in [3.05, 3.63) is 90.0 Å². The zero-order valence-corrected chi connectivity index (χ0v) is 15.1. The molecule has 0 aromatic heterocycles.